The number of halogens is 1. The van der Waals surface area contributed by atoms with Crippen molar-refractivity contribution >= 4 is 5.97 Å². The third-order valence-electron chi connectivity index (χ3n) is 3.55. The zero-order valence-electron chi connectivity index (χ0n) is 13.5. The van der Waals surface area contributed by atoms with E-state index in [1.54, 1.807) is 19.1 Å². The number of rotatable bonds is 4. The third kappa shape index (κ3) is 3.65. The van der Waals surface area contributed by atoms with Crippen LogP contribution in [0.15, 0.2) is 50.2 Å². The number of benzene rings is 1. The van der Waals surface area contributed by atoms with Gasteiger partial charge in [0.2, 0.25) is 5.89 Å². The van der Waals surface area contributed by atoms with Crippen LogP contribution in [0, 0.1) is 19.7 Å². The van der Waals surface area contributed by atoms with E-state index in [1.165, 1.54) is 31.3 Å². The van der Waals surface area contributed by atoms with Gasteiger partial charge in [-0.15, -0.1) is 0 Å². The second-order valence-corrected chi connectivity index (χ2v) is 5.38. The van der Waals surface area contributed by atoms with Crippen LogP contribution in [-0.2, 0) is 11.3 Å². The number of hydrogen-bond donors (Lipinski definition) is 0. The number of ether oxygens (including phenoxy) is 1. The SMILES string of the molecule is Cc1cc(=O)oc(C)c1C(=O)OCc1ncc(-c2ccc(F)cc2)o1. The smallest absolute Gasteiger partial charge is 0.342 e. The van der Waals surface area contributed by atoms with Gasteiger partial charge in [0, 0.05) is 11.6 Å². The van der Waals surface area contributed by atoms with Gasteiger partial charge in [0.25, 0.3) is 0 Å². The molecule has 1 aromatic carbocycles. The molecule has 0 unspecified atom stereocenters. The topological polar surface area (TPSA) is 82.5 Å². The van der Waals surface area contributed by atoms with Crippen LogP contribution in [0.3, 0.4) is 0 Å². The van der Waals surface area contributed by atoms with Crippen molar-refractivity contribution in [3.63, 3.8) is 0 Å². The van der Waals surface area contributed by atoms with Gasteiger partial charge >= 0.3 is 11.6 Å². The molecule has 0 saturated carbocycles. The second kappa shape index (κ2) is 6.72. The fraction of sp³-hybridized carbons (Fsp3) is 0.167. The summed E-state index contributed by atoms with van der Waals surface area (Å²) in [6, 6.07) is 6.97. The molecule has 6 nitrogen and oxygen atoms in total. The molecule has 0 radical (unpaired) electrons. The van der Waals surface area contributed by atoms with E-state index in [0.29, 0.717) is 16.9 Å². The van der Waals surface area contributed by atoms with E-state index in [0.717, 1.165) is 0 Å². The molecular weight excluding hydrogens is 329 g/mol. The van der Waals surface area contributed by atoms with Crippen LogP contribution in [0.5, 0.6) is 0 Å². The maximum atomic E-state index is 12.9. The lowest BCUT2D eigenvalue weighted by atomic mass is 10.1. The standard InChI is InChI=1S/C18H14FNO5/c1-10-7-16(21)24-11(2)17(10)18(22)23-9-15-20-8-14(25-15)12-3-5-13(19)6-4-12/h3-8H,9H2,1-2H3. The van der Waals surface area contributed by atoms with Crippen molar-refractivity contribution in [3.8, 4) is 11.3 Å². The van der Waals surface area contributed by atoms with Crippen molar-refractivity contribution in [3.05, 3.63) is 75.5 Å². The van der Waals surface area contributed by atoms with Crippen molar-refractivity contribution in [1.82, 2.24) is 4.98 Å². The van der Waals surface area contributed by atoms with E-state index in [4.69, 9.17) is 13.6 Å². The fourth-order valence-electron chi connectivity index (χ4n) is 2.39. The Hall–Kier alpha value is -3.22. The number of aryl methyl sites for hydroxylation is 2. The molecule has 0 spiro atoms. The van der Waals surface area contributed by atoms with Crippen LogP contribution >= 0.6 is 0 Å². The molecule has 7 heteroatoms. The van der Waals surface area contributed by atoms with Crippen LogP contribution in [-0.4, -0.2) is 11.0 Å². The molecular formula is C18H14FNO5. The lowest BCUT2D eigenvalue weighted by Crippen LogP contribution is -2.12. The summed E-state index contributed by atoms with van der Waals surface area (Å²) in [6.45, 7) is 2.96. The number of hydrogen-bond acceptors (Lipinski definition) is 6. The molecule has 0 aliphatic rings. The molecule has 0 fully saturated rings. The molecule has 0 amide bonds. The van der Waals surface area contributed by atoms with Crippen LogP contribution in [0.1, 0.15) is 27.6 Å². The Morgan fingerprint density at radius 3 is 2.60 bits per heavy atom. The van der Waals surface area contributed by atoms with Gasteiger partial charge in [0.15, 0.2) is 12.4 Å². The minimum atomic E-state index is -0.639. The molecule has 0 N–H and O–H groups in total. The zero-order valence-corrected chi connectivity index (χ0v) is 13.5. The van der Waals surface area contributed by atoms with Crippen LogP contribution in [0.4, 0.5) is 4.39 Å². The first-order valence-corrected chi connectivity index (χ1v) is 7.43. The van der Waals surface area contributed by atoms with E-state index in [1.807, 2.05) is 0 Å². The average molecular weight is 343 g/mol. The normalized spacial score (nSPS) is 10.7. The van der Waals surface area contributed by atoms with Gasteiger partial charge in [-0.2, -0.15) is 0 Å². The number of esters is 1. The van der Waals surface area contributed by atoms with Gasteiger partial charge in [0.05, 0.1) is 6.20 Å². The Morgan fingerprint density at radius 1 is 1.20 bits per heavy atom. The largest absolute Gasteiger partial charge is 0.452 e. The van der Waals surface area contributed by atoms with Gasteiger partial charge in [-0.05, 0) is 43.7 Å². The van der Waals surface area contributed by atoms with Crippen LogP contribution in [0.25, 0.3) is 11.3 Å². The molecule has 3 aromatic rings. The molecule has 0 aliphatic heterocycles. The van der Waals surface area contributed by atoms with E-state index >= 15 is 0 Å². The summed E-state index contributed by atoms with van der Waals surface area (Å²) in [5, 5.41) is 0. The fourth-order valence-corrected chi connectivity index (χ4v) is 2.39. The minimum absolute atomic E-state index is 0.183. The van der Waals surface area contributed by atoms with Gasteiger partial charge in [0.1, 0.15) is 17.1 Å². The molecule has 0 aliphatic carbocycles. The average Bonchev–Trinajstić information content (AvgIpc) is 3.01. The maximum Gasteiger partial charge on any atom is 0.342 e. The summed E-state index contributed by atoms with van der Waals surface area (Å²) in [5.41, 5.74) is 0.800. The summed E-state index contributed by atoms with van der Waals surface area (Å²) in [6.07, 6.45) is 1.47. The first-order valence-electron chi connectivity index (χ1n) is 7.43. The number of carbonyl (C=O) groups is 1. The van der Waals surface area contributed by atoms with E-state index in [9.17, 15) is 14.0 Å². The molecule has 2 heterocycles. The lowest BCUT2D eigenvalue weighted by Gasteiger charge is -2.07. The summed E-state index contributed by atoms with van der Waals surface area (Å²) in [4.78, 5) is 27.5. The molecule has 25 heavy (non-hydrogen) atoms. The molecule has 128 valence electrons. The Morgan fingerprint density at radius 2 is 1.92 bits per heavy atom. The maximum absolute atomic E-state index is 12.9. The van der Waals surface area contributed by atoms with E-state index < -0.39 is 11.6 Å². The third-order valence-corrected chi connectivity index (χ3v) is 3.55. The number of oxazole rings is 1. The van der Waals surface area contributed by atoms with Gasteiger partial charge in [-0.1, -0.05) is 0 Å². The van der Waals surface area contributed by atoms with Crippen LogP contribution in [0.2, 0.25) is 0 Å². The zero-order chi connectivity index (χ0) is 18.0. The van der Waals surface area contributed by atoms with Gasteiger partial charge in [-0.3, -0.25) is 0 Å². The van der Waals surface area contributed by atoms with Crippen molar-refractivity contribution in [2.45, 2.75) is 20.5 Å². The first-order chi connectivity index (χ1) is 11.9. The number of nitrogens with zero attached hydrogens (tertiary/aromatic N) is 1. The highest BCUT2D eigenvalue weighted by molar-refractivity contribution is 5.91. The summed E-state index contributed by atoms with van der Waals surface area (Å²) in [5.74, 6) is -0.170. The van der Waals surface area contributed by atoms with Crippen molar-refractivity contribution < 1.29 is 22.8 Å². The first kappa shape index (κ1) is 16.6. The molecule has 0 atom stereocenters. The predicted molar refractivity (Wildman–Crippen MR) is 85.5 cm³/mol. The van der Waals surface area contributed by atoms with Crippen molar-refractivity contribution in [2.75, 3.05) is 0 Å². The molecule has 2 aromatic heterocycles. The molecule has 0 saturated heterocycles. The van der Waals surface area contributed by atoms with Crippen molar-refractivity contribution in [2.24, 2.45) is 0 Å². The van der Waals surface area contributed by atoms with Gasteiger partial charge in [-0.25, -0.2) is 19.0 Å². The van der Waals surface area contributed by atoms with Gasteiger partial charge < -0.3 is 13.6 Å². The highest BCUT2D eigenvalue weighted by atomic mass is 19.1. The van der Waals surface area contributed by atoms with E-state index in [-0.39, 0.29) is 29.6 Å². The van der Waals surface area contributed by atoms with Crippen molar-refractivity contribution in [1.29, 1.82) is 0 Å². The summed E-state index contributed by atoms with van der Waals surface area (Å²) >= 11 is 0. The highest BCUT2D eigenvalue weighted by Crippen LogP contribution is 2.21. The Bertz CT molecular complexity index is 946. The Balaban J connectivity index is 1.71. The summed E-state index contributed by atoms with van der Waals surface area (Å²) in [7, 11) is 0. The highest BCUT2D eigenvalue weighted by Gasteiger charge is 2.18. The molecule has 3 rings (SSSR count). The van der Waals surface area contributed by atoms with E-state index in [2.05, 4.69) is 4.98 Å². The Labute approximate surface area is 141 Å². The van der Waals surface area contributed by atoms with Crippen LogP contribution < -0.4 is 5.63 Å². The lowest BCUT2D eigenvalue weighted by molar-refractivity contribution is 0.0433. The Kier molecular flexibility index (Phi) is 4.47. The predicted octanol–water partition coefficient (Wildman–Crippen LogP) is 3.41. The number of carbonyl (C=O) groups excluding carboxylic acids is 1. The summed E-state index contributed by atoms with van der Waals surface area (Å²) < 4.78 is 28.5. The minimum Gasteiger partial charge on any atom is -0.452 e. The quantitative estimate of drug-likeness (QED) is 0.675. The molecule has 0 bridgehead atoms. The monoisotopic (exact) mass is 343 g/mol. The second-order valence-electron chi connectivity index (χ2n) is 5.38. The number of aromatic nitrogens is 1.